The van der Waals surface area contributed by atoms with Crippen LogP contribution in [0.1, 0.15) is 18.5 Å². The second kappa shape index (κ2) is 8.99. The second-order valence-electron chi connectivity index (χ2n) is 5.35. The van der Waals surface area contributed by atoms with Crippen molar-refractivity contribution in [2.45, 2.75) is 19.6 Å². The summed E-state index contributed by atoms with van der Waals surface area (Å²) in [6.45, 7) is -0.773. The molecule has 2 aromatic carbocycles. The molecule has 0 radical (unpaired) electrons. The predicted molar refractivity (Wildman–Crippen MR) is 93.4 cm³/mol. The van der Waals surface area contributed by atoms with Crippen LogP contribution < -0.4 is 15.4 Å². The molecule has 0 aliphatic rings. The van der Waals surface area contributed by atoms with Crippen LogP contribution in [0.3, 0.4) is 0 Å². The minimum absolute atomic E-state index is 0.0302. The molecule has 134 valence electrons. The van der Waals surface area contributed by atoms with Crippen LogP contribution >= 0.6 is 23.2 Å². The number of anilines is 1. The summed E-state index contributed by atoms with van der Waals surface area (Å²) < 4.78 is 28.4. The first kappa shape index (κ1) is 19.4. The first-order valence-corrected chi connectivity index (χ1v) is 8.23. The van der Waals surface area contributed by atoms with E-state index in [1.165, 1.54) is 24.3 Å². The van der Waals surface area contributed by atoms with Gasteiger partial charge < -0.3 is 15.4 Å². The Morgan fingerprint density at radius 3 is 2.48 bits per heavy atom. The van der Waals surface area contributed by atoms with E-state index in [4.69, 9.17) is 23.2 Å². The van der Waals surface area contributed by atoms with Crippen LogP contribution in [0, 0.1) is 0 Å². The number of ether oxygens (including phenoxy) is 1. The number of nitrogens with two attached hydrogens (primary N) is 1. The Morgan fingerprint density at radius 2 is 1.88 bits per heavy atom. The first-order valence-electron chi connectivity index (χ1n) is 7.48. The maximum absolute atomic E-state index is 12.1. The van der Waals surface area contributed by atoms with Gasteiger partial charge in [0.25, 0.3) is 5.91 Å². The van der Waals surface area contributed by atoms with Gasteiger partial charge in [-0.2, -0.15) is 8.78 Å². The Labute approximate surface area is 154 Å². The molecule has 8 heteroatoms. The number of rotatable bonds is 7. The lowest BCUT2D eigenvalue weighted by atomic mass is 10.1. The van der Waals surface area contributed by atoms with Crippen LogP contribution in [0.15, 0.2) is 42.5 Å². The third-order valence-corrected chi connectivity index (χ3v) is 4.04. The van der Waals surface area contributed by atoms with Gasteiger partial charge in [0.05, 0.1) is 5.02 Å². The van der Waals surface area contributed by atoms with Gasteiger partial charge >= 0.3 is 6.61 Å². The van der Waals surface area contributed by atoms with E-state index >= 15 is 0 Å². The summed E-state index contributed by atoms with van der Waals surface area (Å²) in [6, 6.07) is 10.9. The zero-order valence-corrected chi connectivity index (χ0v) is 14.8. The summed E-state index contributed by atoms with van der Waals surface area (Å²) in [6.07, 6.45) is 0. The Hall–Kier alpha value is -1.89. The Kier molecular flexibility index (Phi) is 6.99. The highest BCUT2D eigenvalue weighted by Crippen LogP contribution is 2.24. The summed E-state index contributed by atoms with van der Waals surface area (Å²) in [5.74, 6) is -0.190. The van der Waals surface area contributed by atoms with Crippen LogP contribution in [0.25, 0.3) is 0 Å². The number of carbonyl (C=O) groups is 1. The lowest BCUT2D eigenvalue weighted by molar-refractivity contribution is -0.682. The van der Waals surface area contributed by atoms with Gasteiger partial charge in [-0.1, -0.05) is 29.3 Å². The number of quaternary nitrogens is 1. The molecule has 4 nitrogen and oxygen atoms in total. The van der Waals surface area contributed by atoms with Gasteiger partial charge in [0, 0.05) is 16.3 Å². The Balaban J connectivity index is 1.85. The largest absolute Gasteiger partial charge is 0.435 e. The zero-order valence-electron chi connectivity index (χ0n) is 13.3. The molecule has 0 aliphatic carbocycles. The molecule has 0 saturated heterocycles. The third-order valence-electron chi connectivity index (χ3n) is 3.47. The average Bonchev–Trinajstić information content (AvgIpc) is 2.54. The van der Waals surface area contributed by atoms with Gasteiger partial charge in [-0.3, -0.25) is 4.79 Å². The van der Waals surface area contributed by atoms with Crippen molar-refractivity contribution < 1.29 is 23.6 Å². The molecule has 0 aliphatic heterocycles. The fourth-order valence-electron chi connectivity index (χ4n) is 2.21. The fourth-order valence-corrected chi connectivity index (χ4v) is 2.79. The molecule has 3 N–H and O–H groups in total. The van der Waals surface area contributed by atoms with E-state index in [1.54, 1.807) is 12.1 Å². The van der Waals surface area contributed by atoms with Crippen molar-refractivity contribution in [2.75, 3.05) is 11.9 Å². The van der Waals surface area contributed by atoms with Gasteiger partial charge in [-0.15, -0.1) is 0 Å². The topological polar surface area (TPSA) is 54.9 Å². The van der Waals surface area contributed by atoms with Crippen LogP contribution in [-0.4, -0.2) is 19.1 Å². The maximum Gasteiger partial charge on any atom is 0.387 e. The van der Waals surface area contributed by atoms with Crippen LogP contribution in [0.5, 0.6) is 5.75 Å². The van der Waals surface area contributed by atoms with Crippen molar-refractivity contribution in [1.29, 1.82) is 0 Å². The fraction of sp³-hybridized carbons (Fsp3) is 0.235. The molecule has 2 aromatic rings. The molecular formula is C17H17Cl2F2N2O2+. The molecule has 0 saturated carbocycles. The summed E-state index contributed by atoms with van der Waals surface area (Å²) >= 11 is 12.0. The second-order valence-corrected chi connectivity index (χ2v) is 6.19. The van der Waals surface area contributed by atoms with Crippen molar-refractivity contribution in [3.05, 3.63) is 58.1 Å². The van der Waals surface area contributed by atoms with Crippen molar-refractivity contribution >= 4 is 34.8 Å². The highest BCUT2D eigenvalue weighted by atomic mass is 35.5. The molecule has 0 fully saturated rings. The molecule has 0 bridgehead atoms. The summed E-state index contributed by atoms with van der Waals surface area (Å²) in [4.78, 5) is 12.0. The summed E-state index contributed by atoms with van der Waals surface area (Å²) in [5, 5.41) is 5.62. The normalized spacial score (nSPS) is 12.1. The van der Waals surface area contributed by atoms with Gasteiger partial charge in [0.1, 0.15) is 11.8 Å². The van der Waals surface area contributed by atoms with Gasteiger partial charge in [0.2, 0.25) is 0 Å². The number of amides is 1. The molecule has 25 heavy (non-hydrogen) atoms. The third kappa shape index (κ3) is 6.16. The molecule has 0 unspecified atom stereocenters. The van der Waals surface area contributed by atoms with E-state index in [9.17, 15) is 13.6 Å². The van der Waals surface area contributed by atoms with E-state index in [0.717, 1.165) is 5.56 Å². The van der Waals surface area contributed by atoms with Gasteiger partial charge in [-0.25, -0.2) is 0 Å². The quantitative estimate of drug-likeness (QED) is 0.755. The number of benzene rings is 2. The summed E-state index contributed by atoms with van der Waals surface area (Å²) in [7, 11) is 0. The molecule has 1 atom stereocenters. The highest BCUT2D eigenvalue weighted by Gasteiger charge is 2.15. The number of alkyl halides is 2. The SMILES string of the molecule is C[C@@H]([NH2+]CC(=O)Nc1ccc(OC(F)F)cc1)c1ccc(Cl)cc1Cl. The first-order chi connectivity index (χ1) is 11.8. The molecule has 1 amide bonds. The van der Waals surface area contributed by atoms with E-state index in [-0.39, 0.29) is 24.2 Å². The number of hydrogen-bond acceptors (Lipinski definition) is 2. The van der Waals surface area contributed by atoms with Gasteiger partial charge in [0.15, 0.2) is 6.54 Å². The molecule has 2 rings (SSSR count). The molecule has 0 aromatic heterocycles. The van der Waals surface area contributed by atoms with E-state index in [2.05, 4.69) is 10.1 Å². The lowest BCUT2D eigenvalue weighted by Gasteiger charge is -2.13. The van der Waals surface area contributed by atoms with Crippen molar-refractivity contribution in [2.24, 2.45) is 0 Å². The standard InChI is InChI=1S/C17H16Cl2F2N2O2/c1-10(14-7-2-11(18)8-15(14)19)22-9-16(24)23-12-3-5-13(6-4-12)25-17(20)21/h2-8,10,17,22H,9H2,1H3,(H,23,24)/p+1/t10-/m1/s1. The Bertz CT molecular complexity index is 727. The number of hydrogen-bond donors (Lipinski definition) is 2. The summed E-state index contributed by atoms with van der Waals surface area (Å²) in [5.41, 5.74) is 1.38. The minimum Gasteiger partial charge on any atom is -0.435 e. The smallest absolute Gasteiger partial charge is 0.387 e. The molecular weight excluding hydrogens is 373 g/mol. The maximum atomic E-state index is 12.1. The van der Waals surface area contributed by atoms with Crippen LogP contribution in [0.4, 0.5) is 14.5 Å². The number of nitrogens with one attached hydrogen (secondary N) is 1. The lowest BCUT2D eigenvalue weighted by Crippen LogP contribution is -2.86. The number of halogens is 4. The van der Waals surface area contributed by atoms with Gasteiger partial charge in [-0.05, 0) is 43.3 Å². The van der Waals surface area contributed by atoms with E-state index in [0.29, 0.717) is 15.7 Å². The minimum atomic E-state index is -2.88. The predicted octanol–water partition coefficient (Wildman–Crippen LogP) is 3.86. The zero-order chi connectivity index (χ0) is 18.4. The van der Waals surface area contributed by atoms with Crippen molar-refractivity contribution in [3.63, 3.8) is 0 Å². The van der Waals surface area contributed by atoms with Crippen molar-refractivity contribution in [1.82, 2.24) is 0 Å². The van der Waals surface area contributed by atoms with E-state index in [1.807, 2.05) is 18.3 Å². The van der Waals surface area contributed by atoms with Crippen LogP contribution in [-0.2, 0) is 4.79 Å². The monoisotopic (exact) mass is 389 g/mol. The van der Waals surface area contributed by atoms with E-state index < -0.39 is 6.61 Å². The number of carbonyl (C=O) groups excluding carboxylic acids is 1. The molecule has 0 heterocycles. The average molecular weight is 390 g/mol. The molecule has 0 spiro atoms. The highest BCUT2D eigenvalue weighted by molar-refractivity contribution is 6.35. The van der Waals surface area contributed by atoms with Crippen molar-refractivity contribution in [3.8, 4) is 5.75 Å². The van der Waals surface area contributed by atoms with Crippen LogP contribution in [0.2, 0.25) is 10.0 Å². The Morgan fingerprint density at radius 1 is 1.20 bits per heavy atom.